The molecule has 0 aliphatic heterocycles. The fourth-order valence-electron chi connectivity index (χ4n) is 1.67. The van der Waals surface area contributed by atoms with Gasteiger partial charge in [0.25, 0.3) is 10.0 Å². The van der Waals surface area contributed by atoms with Gasteiger partial charge < -0.3 is 4.42 Å². The third-order valence-electron chi connectivity index (χ3n) is 2.54. The Hall–Kier alpha value is -2.13. The molecule has 2 heterocycles. The molecule has 0 unspecified atom stereocenters. The summed E-state index contributed by atoms with van der Waals surface area (Å²) in [5.41, 5.74) is 1.37. The molecule has 2 N–H and O–H groups in total. The van der Waals surface area contributed by atoms with Gasteiger partial charge in [0.15, 0.2) is 10.7 Å². The van der Waals surface area contributed by atoms with Crippen LogP contribution in [0.25, 0.3) is 11.1 Å². The number of sulfonamides is 1. The van der Waals surface area contributed by atoms with Crippen molar-refractivity contribution in [3.05, 3.63) is 39.8 Å². The number of aromatic amines is 1. The number of aryl methyl sites for hydroxylation is 1. The van der Waals surface area contributed by atoms with Crippen molar-refractivity contribution in [3.63, 3.8) is 0 Å². The van der Waals surface area contributed by atoms with Crippen molar-refractivity contribution in [1.82, 2.24) is 9.97 Å². The quantitative estimate of drug-likeness (QED) is 0.765. The number of fused-ring (bicyclic) bond motifs is 1. The lowest BCUT2D eigenvalue weighted by atomic mass is 10.3. The highest BCUT2D eigenvalue weighted by molar-refractivity contribution is 7.93. The van der Waals surface area contributed by atoms with E-state index in [2.05, 4.69) is 14.7 Å². The Morgan fingerprint density at radius 3 is 2.90 bits per heavy atom. The Labute approximate surface area is 117 Å². The molecular formula is C11H9N3O4S2. The number of rotatable bonds is 3. The largest absolute Gasteiger partial charge is 0.417 e. The zero-order valence-corrected chi connectivity index (χ0v) is 11.8. The number of nitrogens with one attached hydrogen (secondary N) is 2. The van der Waals surface area contributed by atoms with Crippen molar-refractivity contribution < 1.29 is 12.8 Å². The molecule has 0 saturated heterocycles. The Morgan fingerprint density at radius 1 is 1.40 bits per heavy atom. The first-order valence-corrected chi connectivity index (χ1v) is 7.88. The van der Waals surface area contributed by atoms with Crippen molar-refractivity contribution in [2.24, 2.45) is 0 Å². The van der Waals surface area contributed by atoms with E-state index in [-0.39, 0.29) is 15.6 Å². The topological polar surface area (TPSA) is 105 Å². The first kappa shape index (κ1) is 12.9. The van der Waals surface area contributed by atoms with Crippen LogP contribution in [0.2, 0.25) is 0 Å². The maximum atomic E-state index is 12.2. The number of hydrogen-bond donors (Lipinski definition) is 2. The van der Waals surface area contributed by atoms with Gasteiger partial charge in [0.05, 0.1) is 16.1 Å². The van der Waals surface area contributed by atoms with Crippen LogP contribution in [0.5, 0.6) is 0 Å². The van der Waals surface area contributed by atoms with E-state index in [4.69, 9.17) is 4.42 Å². The summed E-state index contributed by atoms with van der Waals surface area (Å²) < 4.78 is 31.6. The van der Waals surface area contributed by atoms with Crippen molar-refractivity contribution in [3.8, 4) is 0 Å². The number of aromatic nitrogens is 2. The van der Waals surface area contributed by atoms with Gasteiger partial charge in [-0.15, -0.1) is 11.3 Å². The summed E-state index contributed by atoms with van der Waals surface area (Å²) in [4.78, 5) is 17.5. The second-order valence-electron chi connectivity index (χ2n) is 4.07. The molecule has 0 aliphatic rings. The molecule has 0 spiro atoms. The minimum Gasteiger partial charge on any atom is -0.408 e. The van der Waals surface area contributed by atoms with Crippen molar-refractivity contribution in [2.75, 3.05) is 4.72 Å². The Kier molecular flexibility index (Phi) is 2.87. The molecule has 9 heteroatoms. The fraction of sp³-hybridized carbons (Fsp3) is 0.0909. The van der Waals surface area contributed by atoms with Crippen LogP contribution in [0.15, 0.2) is 37.7 Å². The lowest BCUT2D eigenvalue weighted by molar-refractivity contribution is 0.554. The van der Waals surface area contributed by atoms with E-state index < -0.39 is 15.8 Å². The molecule has 3 rings (SSSR count). The maximum absolute atomic E-state index is 12.2. The molecule has 20 heavy (non-hydrogen) atoms. The molecule has 0 atom stereocenters. The van der Waals surface area contributed by atoms with E-state index in [9.17, 15) is 13.2 Å². The summed E-state index contributed by atoms with van der Waals surface area (Å²) in [6.07, 6.45) is 0. The number of thiazole rings is 1. The van der Waals surface area contributed by atoms with Gasteiger partial charge in [-0.1, -0.05) is 0 Å². The number of benzene rings is 1. The SMILES string of the molecule is Cc1csc(NS(=O)(=O)c2ccc3[nH]c(=O)oc3c2)n1. The molecule has 0 aliphatic carbocycles. The molecule has 0 fully saturated rings. The Balaban J connectivity index is 2.01. The first-order chi connectivity index (χ1) is 9.44. The maximum Gasteiger partial charge on any atom is 0.417 e. The van der Waals surface area contributed by atoms with Gasteiger partial charge in [0.1, 0.15) is 0 Å². The van der Waals surface area contributed by atoms with Crippen LogP contribution in [0.4, 0.5) is 5.13 Å². The molecule has 2 aromatic heterocycles. The van der Waals surface area contributed by atoms with Crippen LogP contribution in [0.1, 0.15) is 5.69 Å². The molecule has 7 nitrogen and oxygen atoms in total. The second-order valence-corrected chi connectivity index (χ2v) is 6.61. The molecule has 1 aromatic carbocycles. The standard InChI is InChI=1S/C11H9N3O4S2/c1-6-5-19-10(12-6)14-20(16,17)7-2-3-8-9(4-7)18-11(15)13-8/h2-5H,1H3,(H,12,14)(H,13,15). The van der Waals surface area contributed by atoms with Gasteiger partial charge in [-0.05, 0) is 19.1 Å². The second kappa shape index (κ2) is 4.46. The Bertz CT molecular complexity index is 936. The average Bonchev–Trinajstić information content (AvgIpc) is 2.92. The first-order valence-electron chi connectivity index (χ1n) is 5.52. The van der Waals surface area contributed by atoms with Crippen molar-refractivity contribution in [1.29, 1.82) is 0 Å². The van der Waals surface area contributed by atoms with Gasteiger partial charge in [0.2, 0.25) is 0 Å². The number of anilines is 1. The molecule has 0 amide bonds. The summed E-state index contributed by atoms with van der Waals surface area (Å²) in [5.74, 6) is -0.627. The zero-order chi connectivity index (χ0) is 14.3. The van der Waals surface area contributed by atoms with Crippen LogP contribution < -0.4 is 10.5 Å². The smallest absolute Gasteiger partial charge is 0.408 e. The van der Waals surface area contributed by atoms with E-state index in [0.717, 1.165) is 5.69 Å². The minimum absolute atomic E-state index is 0.000558. The van der Waals surface area contributed by atoms with Gasteiger partial charge in [-0.2, -0.15) is 0 Å². The van der Waals surface area contributed by atoms with Gasteiger partial charge in [-0.25, -0.2) is 18.2 Å². The fourth-order valence-corrected chi connectivity index (χ4v) is 3.62. The van der Waals surface area contributed by atoms with Gasteiger partial charge >= 0.3 is 5.76 Å². The Morgan fingerprint density at radius 2 is 2.20 bits per heavy atom. The summed E-state index contributed by atoms with van der Waals surface area (Å²) in [7, 11) is -3.76. The molecule has 0 saturated carbocycles. The van der Waals surface area contributed by atoms with Crippen LogP contribution in [-0.4, -0.2) is 18.4 Å². The summed E-state index contributed by atoms with van der Waals surface area (Å²) in [6, 6.07) is 4.15. The monoisotopic (exact) mass is 311 g/mol. The van der Waals surface area contributed by atoms with E-state index in [1.165, 1.54) is 29.5 Å². The molecule has 0 radical (unpaired) electrons. The predicted octanol–water partition coefficient (Wildman–Crippen LogP) is 1.69. The van der Waals surface area contributed by atoms with Gasteiger partial charge in [0, 0.05) is 11.4 Å². The normalized spacial score (nSPS) is 11.8. The number of H-pyrrole nitrogens is 1. The summed E-state index contributed by atoms with van der Waals surface area (Å²) in [5, 5.41) is 2.03. The van der Waals surface area contributed by atoms with Crippen molar-refractivity contribution >= 4 is 37.6 Å². The average molecular weight is 311 g/mol. The lowest BCUT2D eigenvalue weighted by Gasteiger charge is -2.04. The third-order valence-corrected chi connectivity index (χ3v) is 4.88. The van der Waals surface area contributed by atoms with E-state index in [1.54, 1.807) is 12.3 Å². The van der Waals surface area contributed by atoms with Crippen LogP contribution in [0, 0.1) is 6.92 Å². The lowest BCUT2D eigenvalue weighted by Crippen LogP contribution is -2.12. The highest BCUT2D eigenvalue weighted by Crippen LogP contribution is 2.21. The van der Waals surface area contributed by atoms with Gasteiger partial charge in [-0.3, -0.25) is 9.71 Å². The molecule has 0 bridgehead atoms. The highest BCUT2D eigenvalue weighted by Gasteiger charge is 2.17. The van der Waals surface area contributed by atoms with E-state index in [0.29, 0.717) is 5.52 Å². The summed E-state index contributed by atoms with van der Waals surface area (Å²) in [6.45, 7) is 1.77. The number of hydrogen-bond acceptors (Lipinski definition) is 6. The van der Waals surface area contributed by atoms with E-state index >= 15 is 0 Å². The predicted molar refractivity (Wildman–Crippen MR) is 74.5 cm³/mol. The van der Waals surface area contributed by atoms with Crippen LogP contribution in [-0.2, 0) is 10.0 Å². The molecule has 104 valence electrons. The molecular weight excluding hydrogens is 302 g/mol. The number of oxazole rings is 1. The highest BCUT2D eigenvalue weighted by atomic mass is 32.2. The third kappa shape index (κ3) is 2.32. The summed E-state index contributed by atoms with van der Waals surface area (Å²) >= 11 is 1.20. The number of nitrogens with zero attached hydrogens (tertiary/aromatic N) is 1. The van der Waals surface area contributed by atoms with Crippen molar-refractivity contribution in [2.45, 2.75) is 11.8 Å². The minimum atomic E-state index is -3.76. The van der Waals surface area contributed by atoms with Crippen LogP contribution >= 0.6 is 11.3 Å². The molecule has 3 aromatic rings. The van der Waals surface area contributed by atoms with E-state index in [1.807, 2.05) is 0 Å². The zero-order valence-electron chi connectivity index (χ0n) is 10.2. The van der Waals surface area contributed by atoms with Crippen LogP contribution in [0.3, 0.4) is 0 Å².